The van der Waals surface area contributed by atoms with Gasteiger partial charge in [-0.2, -0.15) is 0 Å². The van der Waals surface area contributed by atoms with Crippen molar-refractivity contribution < 1.29 is 0 Å². The Balaban J connectivity index is 2.63. The number of aromatic nitrogens is 2. The normalized spacial score (nSPS) is 15.7. The second-order valence-electron chi connectivity index (χ2n) is 3.24. The molecular formula is C10H12N2O. The Morgan fingerprint density at radius 2 is 2.08 bits per heavy atom. The average Bonchev–Trinajstić information content (AvgIpc) is 2.90. The van der Waals surface area contributed by atoms with Gasteiger partial charge in [-0.25, -0.2) is 4.79 Å². The van der Waals surface area contributed by atoms with Crippen LogP contribution in [0.3, 0.4) is 0 Å². The van der Waals surface area contributed by atoms with E-state index >= 15 is 0 Å². The maximum atomic E-state index is 11.5. The smallest absolute Gasteiger partial charge is 0.306 e. The van der Waals surface area contributed by atoms with Crippen LogP contribution in [-0.4, -0.2) is 9.55 Å². The quantitative estimate of drug-likeness (QED) is 0.749. The Morgan fingerprint density at radius 1 is 1.38 bits per heavy atom. The summed E-state index contributed by atoms with van der Waals surface area (Å²) in [7, 11) is 0. The molecule has 3 heteroatoms. The van der Waals surface area contributed by atoms with Crippen LogP contribution >= 0.6 is 0 Å². The van der Waals surface area contributed by atoms with E-state index in [0.717, 1.165) is 24.2 Å². The van der Waals surface area contributed by atoms with Crippen LogP contribution in [0.2, 0.25) is 0 Å². The number of rotatable bonds is 3. The van der Waals surface area contributed by atoms with Crippen LogP contribution in [0.5, 0.6) is 0 Å². The standard InChI is InChI=1S/C10H12N2O/c1-3-8-9(4-2)12(7-5-6-7)10(13)11-8/h3-4,7H,1-2,5-6H2,(H,11,13). The van der Waals surface area contributed by atoms with Gasteiger partial charge in [-0.3, -0.25) is 4.57 Å². The van der Waals surface area contributed by atoms with Gasteiger partial charge in [-0.1, -0.05) is 13.2 Å². The molecule has 1 aromatic rings. The molecule has 1 aromatic heterocycles. The minimum atomic E-state index is -0.0488. The average molecular weight is 176 g/mol. The SMILES string of the molecule is C=Cc1[nH]c(=O)n(C2CC2)c1C=C. The molecular weight excluding hydrogens is 164 g/mol. The molecule has 0 unspecified atom stereocenters. The molecule has 68 valence electrons. The number of aromatic amines is 1. The van der Waals surface area contributed by atoms with E-state index in [9.17, 15) is 4.79 Å². The minimum absolute atomic E-state index is 0.0488. The van der Waals surface area contributed by atoms with Crippen LogP contribution in [0.4, 0.5) is 0 Å². The van der Waals surface area contributed by atoms with Crippen LogP contribution < -0.4 is 5.69 Å². The summed E-state index contributed by atoms with van der Waals surface area (Å²) in [5, 5.41) is 0. The van der Waals surface area contributed by atoms with Crippen molar-refractivity contribution in [2.45, 2.75) is 18.9 Å². The predicted octanol–water partition coefficient (Wildman–Crippen LogP) is 1.80. The number of nitrogens with zero attached hydrogens (tertiary/aromatic N) is 1. The molecule has 3 nitrogen and oxygen atoms in total. The lowest BCUT2D eigenvalue weighted by atomic mass is 10.3. The molecule has 1 fully saturated rings. The van der Waals surface area contributed by atoms with Gasteiger partial charge in [0, 0.05) is 6.04 Å². The van der Waals surface area contributed by atoms with Gasteiger partial charge in [0.15, 0.2) is 0 Å². The van der Waals surface area contributed by atoms with E-state index in [0.29, 0.717) is 6.04 Å². The van der Waals surface area contributed by atoms with Crippen LogP contribution in [0.1, 0.15) is 30.3 Å². The highest BCUT2D eigenvalue weighted by molar-refractivity contribution is 5.58. The predicted molar refractivity (Wildman–Crippen MR) is 53.5 cm³/mol. The number of H-pyrrole nitrogens is 1. The van der Waals surface area contributed by atoms with Gasteiger partial charge in [0.25, 0.3) is 0 Å². The number of nitrogens with one attached hydrogen (secondary N) is 1. The summed E-state index contributed by atoms with van der Waals surface area (Å²) in [4.78, 5) is 14.2. The monoisotopic (exact) mass is 176 g/mol. The van der Waals surface area contributed by atoms with Crippen molar-refractivity contribution in [3.05, 3.63) is 35.0 Å². The maximum Gasteiger partial charge on any atom is 0.326 e. The van der Waals surface area contributed by atoms with Crippen LogP contribution in [-0.2, 0) is 0 Å². The van der Waals surface area contributed by atoms with E-state index in [2.05, 4.69) is 18.1 Å². The molecule has 0 aliphatic heterocycles. The Hall–Kier alpha value is -1.51. The third-order valence-corrected chi connectivity index (χ3v) is 2.31. The number of imidazole rings is 1. The van der Waals surface area contributed by atoms with E-state index < -0.39 is 0 Å². The highest BCUT2D eigenvalue weighted by Crippen LogP contribution is 2.35. The second-order valence-corrected chi connectivity index (χ2v) is 3.24. The fourth-order valence-electron chi connectivity index (χ4n) is 1.54. The van der Waals surface area contributed by atoms with E-state index in [1.807, 2.05) is 0 Å². The zero-order valence-electron chi connectivity index (χ0n) is 7.42. The van der Waals surface area contributed by atoms with E-state index in [-0.39, 0.29) is 5.69 Å². The van der Waals surface area contributed by atoms with Crippen LogP contribution in [0.25, 0.3) is 12.2 Å². The van der Waals surface area contributed by atoms with Crippen molar-refractivity contribution in [1.29, 1.82) is 0 Å². The topological polar surface area (TPSA) is 37.8 Å². The molecule has 0 aromatic carbocycles. The molecule has 1 heterocycles. The molecule has 0 bridgehead atoms. The molecule has 13 heavy (non-hydrogen) atoms. The largest absolute Gasteiger partial charge is 0.326 e. The third-order valence-electron chi connectivity index (χ3n) is 2.31. The molecule has 0 radical (unpaired) electrons. The van der Waals surface area contributed by atoms with Gasteiger partial charge in [-0.15, -0.1) is 0 Å². The zero-order chi connectivity index (χ0) is 9.42. The molecule has 2 rings (SSSR count). The Morgan fingerprint density at radius 3 is 2.54 bits per heavy atom. The lowest BCUT2D eigenvalue weighted by Crippen LogP contribution is -2.16. The summed E-state index contributed by atoms with van der Waals surface area (Å²) >= 11 is 0. The number of hydrogen-bond donors (Lipinski definition) is 1. The molecule has 0 atom stereocenters. The minimum Gasteiger partial charge on any atom is -0.306 e. The fourth-order valence-corrected chi connectivity index (χ4v) is 1.54. The second kappa shape index (κ2) is 2.76. The molecule has 1 saturated carbocycles. The first-order chi connectivity index (χ1) is 6.27. The van der Waals surface area contributed by atoms with Crippen LogP contribution in [0, 0.1) is 0 Å². The van der Waals surface area contributed by atoms with Crippen molar-refractivity contribution in [1.82, 2.24) is 9.55 Å². The molecule has 0 spiro atoms. The van der Waals surface area contributed by atoms with Crippen LogP contribution in [0.15, 0.2) is 18.0 Å². The maximum absolute atomic E-state index is 11.5. The summed E-state index contributed by atoms with van der Waals surface area (Å²) < 4.78 is 1.77. The summed E-state index contributed by atoms with van der Waals surface area (Å²) in [6, 6.07) is 0.380. The summed E-state index contributed by atoms with van der Waals surface area (Å²) in [5.41, 5.74) is 1.58. The van der Waals surface area contributed by atoms with Crippen molar-refractivity contribution in [3.8, 4) is 0 Å². The fraction of sp³-hybridized carbons (Fsp3) is 0.300. The van der Waals surface area contributed by atoms with E-state index in [4.69, 9.17) is 0 Å². The summed E-state index contributed by atoms with van der Waals surface area (Å²) in [6.07, 6.45) is 5.54. The first-order valence-electron chi connectivity index (χ1n) is 4.37. The highest BCUT2D eigenvalue weighted by atomic mass is 16.1. The van der Waals surface area contributed by atoms with E-state index in [1.165, 1.54) is 0 Å². The van der Waals surface area contributed by atoms with Crippen molar-refractivity contribution in [3.63, 3.8) is 0 Å². The highest BCUT2D eigenvalue weighted by Gasteiger charge is 2.27. The van der Waals surface area contributed by atoms with Gasteiger partial charge < -0.3 is 4.98 Å². The Bertz CT molecular complexity index is 407. The summed E-state index contributed by atoms with van der Waals surface area (Å²) in [6.45, 7) is 7.34. The molecule has 1 aliphatic rings. The Kier molecular flexibility index (Phi) is 1.72. The lowest BCUT2D eigenvalue weighted by molar-refractivity contribution is 0.704. The van der Waals surface area contributed by atoms with Crippen molar-refractivity contribution in [2.24, 2.45) is 0 Å². The molecule has 0 saturated heterocycles. The van der Waals surface area contributed by atoms with Gasteiger partial charge in [0.1, 0.15) is 0 Å². The third kappa shape index (κ3) is 1.16. The van der Waals surface area contributed by atoms with Gasteiger partial charge in [0.05, 0.1) is 11.4 Å². The van der Waals surface area contributed by atoms with Gasteiger partial charge in [0.2, 0.25) is 0 Å². The van der Waals surface area contributed by atoms with E-state index in [1.54, 1.807) is 16.7 Å². The molecule has 0 amide bonds. The zero-order valence-corrected chi connectivity index (χ0v) is 7.42. The van der Waals surface area contributed by atoms with Crippen molar-refractivity contribution in [2.75, 3.05) is 0 Å². The first-order valence-corrected chi connectivity index (χ1v) is 4.37. The molecule has 1 aliphatic carbocycles. The number of hydrogen-bond acceptors (Lipinski definition) is 1. The first kappa shape index (κ1) is 8.10. The summed E-state index contributed by atoms with van der Waals surface area (Å²) in [5.74, 6) is 0. The van der Waals surface area contributed by atoms with Gasteiger partial charge >= 0.3 is 5.69 Å². The lowest BCUT2D eigenvalue weighted by Gasteiger charge is -2.00. The van der Waals surface area contributed by atoms with Crippen molar-refractivity contribution >= 4 is 12.2 Å². The molecule has 1 N–H and O–H groups in total. The van der Waals surface area contributed by atoms with Gasteiger partial charge in [-0.05, 0) is 25.0 Å². The Labute approximate surface area is 76.4 Å².